The van der Waals surface area contributed by atoms with Gasteiger partial charge in [-0.15, -0.1) is 0 Å². The van der Waals surface area contributed by atoms with Crippen LogP contribution in [0.25, 0.3) is 0 Å². The fourth-order valence-corrected chi connectivity index (χ4v) is 2.49. The van der Waals surface area contributed by atoms with Crippen LogP contribution in [0.15, 0.2) is 54.6 Å². The van der Waals surface area contributed by atoms with Crippen molar-refractivity contribution in [2.75, 3.05) is 18.9 Å². The Morgan fingerprint density at radius 2 is 1.62 bits per heavy atom. The molecule has 0 aliphatic heterocycles. The molecule has 5 nitrogen and oxygen atoms in total. The summed E-state index contributed by atoms with van der Waals surface area (Å²) in [5, 5.41) is 2.83. The number of hydrogen-bond acceptors (Lipinski definition) is 3. The van der Waals surface area contributed by atoms with Crippen LogP contribution < -0.4 is 11.1 Å². The number of nitrogens with two attached hydrogens (primary N) is 1. The molecule has 0 bridgehead atoms. The largest absolute Gasteiger partial charge is 0.342 e. The number of carbonyl (C=O) groups is 2. The van der Waals surface area contributed by atoms with Crippen molar-refractivity contribution >= 4 is 17.5 Å². The molecule has 26 heavy (non-hydrogen) atoms. The maximum atomic E-state index is 12.5. The summed E-state index contributed by atoms with van der Waals surface area (Å²) in [6, 6.07) is 16.0. The van der Waals surface area contributed by atoms with Crippen LogP contribution in [0.4, 0.5) is 5.69 Å². The first-order valence-corrected chi connectivity index (χ1v) is 8.86. The van der Waals surface area contributed by atoms with E-state index in [1.165, 1.54) is 0 Å². The fraction of sp³-hybridized carbons (Fsp3) is 0.333. The molecular weight excluding hydrogens is 326 g/mol. The number of anilines is 1. The molecule has 0 spiro atoms. The zero-order valence-corrected chi connectivity index (χ0v) is 15.6. The molecular formula is C21H27N3O2. The molecule has 138 valence electrons. The van der Waals surface area contributed by atoms with E-state index < -0.39 is 0 Å². The molecule has 5 heteroatoms. The third kappa shape index (κ3) is 5.43. The molecule has 0 radical (unpaired) electrons. The lowest BCUT2D eigenvalue weighted by atomic mass is 10.0. The average Bonchev–Trinajstić information content (AvgIpc) is 2.66. The number of carbonyl (C=O) groups excluding carboxylic acids is 2. The molecule has 0 saturated carbocycles. The molecule has 0 heterocycles. The van der Waals surface area contributed by atoms with Crippen LogP contribution in [0, 0.1) is 5.92 Å². The van der Waals surface area contributed by atoms with Crippen molar-refractivity contribution in [2.45, 2.75) is 26.3 Å². The number of nitrogens with one attached hydrogen (secondary N) is 1. The van der Waals surface area contributed by atoms with Gasteiger partial charge < -0.3 is 16.0 Å². The topological polar surface area (TPSA) is 75.4 Å². The second kappa shape index (κ2) is 9.15. The van der Waals surface area contributed by atoms with Gasteiger partial charge in [0.1, 0.15) is 0 Å². The smallest absolute Gasteiger partial charge is 0.255 e. The third-order valence-corrected chi connectivity index (χ3v) is 4.43. The summed E-state index contributed by atoms with van der Waals surface area (Å²) in [7, 11) is 1.78. The summed E-state index contributed by atoms with van der Waals surface area (Å²) >= 11 is 0. The van der Waals surface area contributed by atoms with Gasteiger partial charge in [0.25, 0.3) is 11.8 Å². The first-order valence-electron chi connectivity index (χ1n) is 8.86. The van der Waals surface area contributed by atoms with E-state index in [1.54, 1.807) is 48.3 Å². The van der Waals surface area contributed by atoms with Crippen LogP contribution in [0.3, 0.4) is 0 Å². The Labute approximate surface area is 155 Å². The predicted molar refractivity (Wildman–Crippen MR) is 105 cm³/mol. The molecule has 2 aromatic carbocycles. The average molecular weight is 353 g/mol. The van der Waals surface area contributed by atoms with Gasteiger partial charge in [-0.3, -0.25) is 9.59 Å². The van der Waals surface area contributed by atoms with Crippen molar-refractivity contribution in [1.82, 2.24) is 4.90 Å². The molecule has 1 unspecified atom stereocenters. The molecule has 0 aliphatic rings. The van der Waals surface area contributed by atoms with Crippen LogP contribution in [0.5, 0.6) is 0 Å². The highest BCUT2D eigenvalue weighted by molar-refractivity contribution is 6.04. The Morgan fingerprint density at radius 3 is 2.19 bits per heavy atom. The van der Waals surface area contributed by atoms with Gasteiger partial charge >= 0.3 is 0 Å². The third-order valence-electron chi connectivity index (χ3n) is 4.43. The van der Waals surface area contributed by atoms with E-state index in [-0.39, 0.29) is 17.9 Å². The van der Waals surface area contributed by atoms with Crippen molar-refractivity contribution < 1.29 is 9.59 Å². The highest BCUT2D eigenvalue weighted by atomic mass is 16.2. The van der Waals surface area contributed by atoms with Crippen LogP contribution in [-0.4, -0.2) is 36.3 Å². The SMILES string of the molecule is CC(C)C(N)CCN(C)C(=O)c1ccc(NC(=O)c2ccccc2)cc1. The van der Waals surface area contributed by atoms with Gasteiger partial charge in [0, 0.05) is 36.4 Å². The number of benzene rings is 2. The highest BCUT2D eigenvalue weighted by Crippen LogP contribution is 2.13. The van der Waals surface area contributed by atoms with E-state index >= 15 is 0 Å². The minimum Gasteiger partial charge on any atom is -0.342 e. The molecule has 1 atom stereocenters. The van der Waals surface area contributed by atoms with Crippen LogP contribution in [0.2, 0.25) is 0 Å². The first kappa shape index (κ1) is 19.7. The number of rotatable bonds is 7. The Hall–Kier alpha value is -2.66. The van der Waals surface area contributed by atoms with Gasteiger partial charge in [-0.05, 0) is 48.7 Å². The lowest BCUT2D eigenvalue weighted by molar-refractivity contribution is 0.0789. The van der Waals surface area contributed by atoms with E-state index in [1.807, 2.05) is 18.2 Å². The fourth-order valence-electron chi connectivity index (χ4n) is 2.49. The monoisotopic (exact) mass is 353 g/mol. The maximum Gasteiger partial charge on any atom is 0.255 e. The lowest BCUT2D eigenvalue weighted by Gasteiger charge is -2.21. The summed E-state index contributed by atoms with van der Waals surface area (Å²) in [5.41, 5.74) is 7.87. The molecule has 2 rings (SSSR count). The van der Waals surface area contributed by atoms with Gasteiger partial charge in [-0.2, -0.15) is 0 Å². The van der Waals surface area contributed by atoms with Gasteiger partial charge in [0.15, 0.2) is 0 Å². The molecule has 0 saturated heterocycles. The number of amides is 2. The lowest BCUT2D eigenvalue weighted by Crippen LogP contribution is -2.34. The van der Waals surface area contributed by atoms with Crippen molar-refractivity contribution in [1.29, 1.82) is 0 Å². The van der Waals surface area contributed by atoms with Crippen LogP contribution in [0.1, 0.15) is 41.0 Å². The van der Waals surface area contributed by atoms with Gasteiger partial charge in [-0.25, -0.2) is 0 Å². The zero-order chi connectivity index (χ0) is 19.1. The highest BCUT2D eigenvalue weighted by Gasteiger charge is 2.14. The van der Waals surface area contributed by atoms with Crippen LogP contribution in [-0.2, 0) is 0 Å². The number of hydrogen-bond donors (Lipinski definition) is 2. The van der Waals surface area contributed by atoms with Gasteiger partial charge in [0.2, 0.25) is 0 Å². The normalized spacial score (nSPS) is 11.9. The Morgan fingerprint density at radius 1 is 1.00 bits per heavy atom. The van der Waals surface area contributed by atoms with E-state index in [0.717, 1.165) is 6.42 Å². The summed E-state index contributed by atoms with van der Waals surface area (Å²) in [4.78, 5) is 26.3. The predicted octanol–water partition coefficient (Wildman–Crippen LogP) is 3.38. The summed E-state index contributed by atoms with van der Waals surface area (Å²) in [5.74, 6) is 0.164. The van der Waals surface area contributed by atoms with Crippen molar-refractivity contribution in [3.05, 3.63) is 65.7 Å². The Bertz CT molecular complexity index is 727. The minimum absolute atomic E-state index is 0.0538. The Kier molecular flexibility index (Phi) is 6.92. The maximum absolute atomic E-state index is 12.5. The second-order valence-electron chi connectivity index (χ2n) is 6.82. The van der Waals surface area contributed by atoms with E-state index in [4.69, 9.17) is 5.73 Å². The molecule has 0 aromatic heterocycles. The van der Waals surface area contributed by atoms with Crippen molar-refractivity contribution in [3.63, 3.8) is 0 Å². The first-order chi connectivity index (χ1) is 12.4. The summed E-state index contributed by atoms with van der Waals surface area (Å²) in [6.45, 7) is 4.77. The van der Waals surface area contributed by atoms with Crippen molar-refractivity contribution in [2.24, 2.45) is 11.7 Å². The standard InChI is InChI=1S/C21H27N3O2/c1-15(2)19(22)13-14-24(3)21(26)17-9-11-18(12-10-17)23-20(25)16-7-5-4-6-8-16/h4-12,15,19H,13-14,22H2,1-3H3,(H,23,25). The van der Waals surface area contributed by atoms with E-state index in [0.29, 0.717) is 29.3 Å². The van der Waals surface area contributed by atoms with Crippen LogP contribution >= 0.6 is 0 Å². The second-order valence-corrected chi connectivity index (χ2v) is 6.82. The summed E-state index contributed by atoms with van der Waals surface area (Å²) in [6.07, 6.45) is 0.769. The Balaban J connectivity index is 1.93. The molecule has 2 amide bonds. The quantitative estimate of drug-likeness (QED) is 0.801. The van der Waals surface area contributed by atoms with E-state index in [9.17, 15) is 9.59 Å². The number of nitrogens with zero attached hydrogens (tertiary/aromatic N) is 1. The molecule has 0 aliphatic carbocycles. The molecule has 0 fully saturated rings. The summed E-state index contributed by atoms with van der Waals surface area (Å²) < 4.78 is 0. The van der Waals surface area contributed by atoms with Crippen molar-refractivity contribution in [3.8, 4) is 0 Å². The molecule has 2 aromatic rings. The van der Waals surface area contributed by atoms with Gasteiger partial charge in [0.05, 0.1) is 0 Å². The van der Waals surface area contributed by atoms with E-state index in [2.05, 4.69) is 19.2 Å². The minimum atomic E-state index is -0.176. The van der Waals surface area contributed by atoms with Gasteiger partial charge in [-0.1, -0.05) is 32.0 Å². The molecule has 3 N–H and O–H groups in total. The zero-order valence-electron chi connectivity index (χ0n) is 15.6.